The van der Waals surface area contributed by atoms with Crippen LogP contribution in [0.15, 0.2) is 48.5 Å². The number of ether oxygens (including phenoxy) is 1. The number of benzene rings is 2. The fraction of sp³-hybridized carbons (Fsp3) is 0.250. The predicted octanol–water partition coefficient (Wildman–Crippen LogP) is 3.35. The topological polar surface area (TPSA) is 79.5 Å². The van der Waals surface area contributed by atoms with Gasteiger partial charge in [-0.15, -0.1) is 0 Å². The van der Waals surface area contributed by atoms with Crippen molar-refractivity contribution in [2.75, 3.05) is 12.4 Å². The molecular weight excluding hydrogens is 362 g/mol. The van der Waals surface area contributed by atoms with E-state index in [1.54, 1.807) is 55.6 Å². The molecule has 0 radical (unpaired) electrons. The summed E-state index contributed by atoms with van der Waals surface area (Å²) >= 11 is 5.19. The molecule has 3 N–H and O–H groups in total. The summed E-state index contributed by atoms with van der Waals surface area (Å²) in [6, 6.07) is 13.8. The Morgan fingerprint density at radius 1 is 1.07 bits per heavy atom. The third-order valence-corrected chi connectivity index (χ3v) is 4.11. The van der Waals surface area contributed by atoms with Crippen molar-refractivity contribution in [3.8, 4) is 5.75 Å². The number of amides is 2. The van der Waals surface area contributed by atoms with Crippen LogP contribution in [0.2, 0.25) is 0 Å². The Kier molecular flexibility index (Phi) is 7.31. The van der Waals surface area contributed by atoms with Gasteiger partial charge in [-0.25, -0.2) is 0 Å². The fourth-order valence-electron chi connectivity index (χ4n) is 2.25. The van der Waals surface area contributed by atoms with Crippen molar-refractivity contribution in [1.82, 2.24) is 10.6 Å². The molecule has 6 nitrogen and oxygen atoms in total. The molecule has 1 unspecified atom stereocenters. The number of nitrogens with one attached hydrogen (secondary N) is 3. The van der Waals surface area contributed by atoms with Gasteiger partial charge in [-0.1, -0.05) is 19.1 Å². The summed E-state index contributed by atoms with van der Waals surface area (Å²) in [6.45, 7) is 4.03. The lowest BCUT2D eigenvalue weighted by molar-refractivity contribution is 0.0960. The van der Waals surface area contributed by atoms with Crippen LogP contribution >= 0.6 is 12.2 Å². The summed E-state index contributed by atoms with van der Waals surface area (Å²) in [4.78, 5) is 24.2. The zero-order valence-electron chi connectivity index (χ0n) is 15.5. The van der Waals surface area contributed by atoms with Crippen LogP contribution in [0.5, 0.6) is 5.75 Å². The molecule has 2 rings (SSSR count). The number of carbonyl (C=O) groups is 2. The first-order chi connectivity index (χ1) is 12.9. The van der Waals surface area contributed by atoms with Crippen LogP contribution in [0.25, 0.3) is 0 Å². The summed E-state index contributed by atoms with van der Waals surface area (Å²) in [5.41, 5.74) is 1.40. The molecule has 0 aliphatic carbocycles. The van der Waals surface area contributed by atoms with Crippen LogP contribution in [0, 0.1) is 0 Å². The molecule has 0 aliphatic rings. The van der Waals surface area contributed by atoms with E-state index in [4.69, 9.17) is 17.0 Å². The summed E-state index contributed by atoms with van der Waals surface area (Å²) in [7, 11) is 1.55. The second kappa shape index (κ2) is 9.68. The number of hydrogen-bond donors (Lipinski definition) is 3. The smallest absolute Gasteiger partial charge is 0.257 e. The van der Waals surface area contributed by atoms with Crippen molar-refractivity contribution < 1.29 is 14.3 Å². The van der Waals surface area contributed by atoms with E-state index >= 15 is 0 Å². The standard InChI is InChI=1S/C20H23N3O3S/c1-4-13(2)26-15-11-9-14(10-12-15)18(24)23-20(27)22-17-8-6-5-7-16(17)19(25)21-3/h5-13H,4H2,1-3H3,(H,21,25)(H2,22,23,24,27). The van der Waals surface area contributed by atoms with Crippen LogP contribution in [0.3, 0.4) is 0 Å². The second-order valence-electron chi connectivity index (χ2n) is 5.89. The van der Waals surface area contributed by atoms with Crippen molar-refractivity contribution in [3.05, 3.63) is 59.7 Å². The first-order valence-corrected chi connectivity index (χ1v) is 9.05. The maximum absolute atomic E-state index is 12.4. The average Bonchev–Trinajstić information content (AvgIpc) is 2.68. The van der Waals surface area contributed by atoms with Gasteiger partial charge in [0.2, 0.25) is 0 Å². The normalized spacial score (nSPS) is 11.2. The highest BCUT2D eigenvalue weighted by Gasteiger charge is 2.13. The van der Waals surface area contributed by atoms with Gasteiger partial charge in [-0.2, -0.15) is 0 Å². The third-order valence-electron chi connectivity index (χ3n) is 3.90. The zero-order valence-corrected chi connectivity index (χ0v) is 16.4. The molecule has 0 saturated heterocycles. The lowest BCUT2D eigenvalue weighted by atomic mass is 10.1. The van der Waals surface area contributed by atoms with E-state index in [9.17, 15) is 9.59 Å². The number of thiocarbonyl (C=S) groups is 1. The van der Waals surface area contributed by atoms with Crippen LogP contribution in [-0.2, 0) is 0 Å². The highest BCUT2D eigenvalue weighted by atomic mass is 32.1. The van der Waals surface area contributed by atoms with Gasteiger partial charge in [0.15, 0.2) is 5.11 Å². The summed E-state index contributed by atoms with van der Waals surface area (Å²) in [5.74, 6) is 0.116. The average molecular weight is 385 g/mol. The molecule has 0 spiro atoms. The minimum atomic E-state index is -0.347. The molecule has 0 fully saturated rings. The van der Waals surface area contributed by atoms with Crippen molar-refractivity contribution in [3.63, 3.8) is 0 Å². The molecule has 0 aliphatic heterocycles. The van der Waals surface area contributed by atoms with E-state index < -0.39 is 0 Å². The van der Waals surface area contributed by atoms with Gasteiger partial charge in [-0.05, 0) is 62.0 Å². The molecule has 0 heterocycles. The van der Waals surface area contributed by atoms with Crippen LogP contribution in [0.4, 0.5) is 5.69 Å². The Balaban J connectivity index is 2.00. The Bertz CT molecular complexity index is 821. The van der Waals surface area contributed by atoms with E-state index in [-0.39, 0.29) is 23.0 Å². The molecular formula is C20H23N3O3S. The molecule has 7 heteroatoms. The van der Waals surface area contributed by atoms with Gasteiger partial charge in [-0.3, -0.25) is 14.9 Å². The van der Waals surface area contributed by atoms with E-state index in [1.807, 2.05) is 13.8 Å². The highest BCUT2D eigenvalue weighted by Crippen LogP contribution is 2.16. The van der Waals surface area contributed by atoms with Gasteiger partial charge >= 0.3 is 0 Å². The van der Waals surface area contributed by atoms with E-state index in [0.29, 0.717) is 22.6 Å². The number of rotatable bonds is 6. The molecule has 0 saturated carbocycles. The summed E-state index contributed by atoms with van der Waals surface area (Å²) in [5, 5.41) is 8.17. The molecule has 27 heavy (non-hydrogen) atoms. The molecule has 1 atom stereocenters. The fourth-order valence-corrected chi connectivity index (χ4v) is 2.46. The Hall–Kier alpha value is -2.93. The Morgan fingerprint density at radius 3 is 2.37 bits per heavy atom. The largest absolute Gasteiger partial charge is 0.491 e. The monoisotopic (exact) mass is 385 g/mol. The maximum atomic E-state index is 12.4. The van der Waals surface area contributed by atoms with Gasteiger partial charge < -0.3 is 15.4 Å². The van der Waals surface area contributed by atoms with E-state index in [0.717, 1.165) is 6.42 Å². The SMILES string of the molecule is CCC(C)Oc1ccc(C(=O)NC(=S)Nc2ccccc2C(=O)NC)cc1. The van der Waals surface area contributed by atoms with Gasteiger partial charge in [0.05, 0.1) is 17.4 Å². The molecule has 0 bridgehead atoms. The Labute approximate surface area is 164 Å². The van der Waals surface area contributed by atoms with Gasteiger partial charge in [0.1, 0.15) is 5.75 Å². The summed E-state index contributed by atoms with van der Waals surface area (Å²) in [6.07, 6.45) is 1.02. The molecule has 0 aromatic heterocycles. The number of hydrogen-bond acceptors (Lipinski definition) is 4. The van der Waals surface area contributed by atoms with E-state index in [2.05, 4.69) is 16.0 Å². The minimum absolute atomic E-state index is 0.108. The van der Waals surface area contributed by atoms with Crippen LogP contribution < -0.4 is 20.7 Å². The molecule has 2 aromatic carbocycles. The van der Waals surface area contributed by atoms with Gasteiger partial charge in [0.25, 0.3) is 11.8 Å². The third kappa shape index (κ3) is 5.79. The van der Waals surface area contributed by atoms with Gasteiger partial charge in [0, 0.05) is 12.6 Å². The maximum Gasteiger partial charge on any atom is 0.257 e. The molecule has 2 amide bonds. The molecule has 142 valence electrons. The number of carbonyl (C=O) groups excluding carboxylic acids is 2. The zero-order chi connectivity index (χ0) is 19.8. The van der Waals surface area contributed by atoms with Crippen molar-refractivity contribution in [2.24, 2.45) is 0 Å². The summed E-state index contributed by atoms with van der Waals surface area (Å²) < 4.78 is 5.70. The predicted molar refractivity (Wildman–Crippen MR) is 110 cm³/mol. The lowest BCUT2D eigenvalue weighted by Gasteiger charge is -2.14. The molecule has 2 aromatic rings. The Morgan fingerprint density at radius 2 is 1.74 bits per heavy atom. The van der Waals surface area contributed by atoms with Crippen LogP contribution in [-0.4, -0.2) is 30.1 Å². The van der Waals surface area contributed by atoms with Crippen molar-refractivity contribution in [2.45, 2.75) is 26.4 Å². The van der Waals surface area contributed by atoms with Crippen LogP contribution in [0.1, 0.15) is 41.0 Å². The first kappa shape index (κ1) is 20.4. The number of para-hydroxylation sites is 1. The first-order valence-electron chi connectivity index (χ1n) is 8.64. The van der Waals surface area contributed by atoms with Crippen molar-refractivity contribution in [1.29, 1.82) is 0 Å². The number of anilines is 1. The minimum Gasteiger partial charge on any atom is -0.491 e. The quantitative estimate of drug-likeness (QED) is 0.665. The highest BCUT2D eigenvalue weighted by molar-refractivity contribution is 7.80. The lowest BCUT2D eigenvalue weighted by Crippen LogP contribution is -2.34. The van der Waals surface area contributed by atoms with Crippen molar-refractivity contribution >= 4 is 34.8 Å². The second-order valence-corrected chi connectivity index (χ2v) is 6.30. The van der Waals surface area contributed by atoms with E-state index in [1.165, 1.54) is 0 Å².